The second kappa shape index (κ2) is 8.86. The van der Waals surface area contributed by atoms with Crippen molar-refractivity contribution in [2.75, 3.05) is 13.7 Å². The van der Waals surface area contributed by atoms with Gasteiger partial charge in [0.05, 0.1) is 22.1 Å². The average Bonchev–Trinajstić information content (AvgIpc) is 2.58. The Labute approximate surface area is 173 Å². The molecule has 12 heteroatoms. The van der Waals surface area contributed by atoms with Gasteiger partial charge in [-0.15, -0.1) is 13.2 Å². The summed E-state index contributed by atoms with van der Waals surface area (Å²) in [4.78, 5) is 10.7. The minimum absolute atomic E-state index is 0.113. The predicted octanol–water partition coefficient (Wildman–Crippen LogP) is 3.36. The predicted molar refractivity (Wildman–Crippen MR) is 100 cm³/mol. The zero-order chi connectivity index (χ0) is 21.1. The van der Waals surface area contributed by atoms with Gasteiger partial charge in [-0.05, 0) is 37.1 Å². The minimum atomic E-state index is -4.86. The third kappa shape index (κ3) is 5.73. The van der Waals surface area contributed by atoms with E-state index in [0.717, 1.165) is 30.3 Å². The molecule has 2 unspecified atom stereocenters. The van der Waals surface area contributed by atoms with E-state index in [9.17, 15) is 26.4 Å². The number of allylic oxidation sites excluding steroid dienone is 1. The number of carbonyl (C=O) groups is 1. The maximum Gasteiger partial charge on any atom is 0.573 e. The molecule has 28 heavy (non-hydrogen) atoms. The van der Waals surface area contributed by atoms with E-state index < -0.39 is 32.2 Å². The molecule has 0 aliphatic carbocycles. The van der Waals surface area contributed by atoms with Crippen LogP contribution in [-0.2, 0) is 19.6 Å². The van der Waals surface area contributed by atoms with E-state index in [1.54, 1.807) is 0 Å². The maximum absolute atomic E-state index is 12.8. The van der Waals surface area contributed by atoms with Crippen LogP contribution in [0.4, 0.5) is 13.2 Å². The summed E-state index contributed by atoms with van der Waals surface area (Å²) in [5.41, 5.74) is 0. The highest BCUT2D eigenvalue weighted by Gasteiger charge is 2.37. The molecule has 0 aromatic heterocycles. The topological polar surface area (TPSA) is 93.1 Å². The number of halogens is 4. The summed E-state index contributed by atoms with van der Waals surface area (Å²) in [6.07, 6.45) is -3.22. The zero-order valence-electron chi connectivity index (χ0n) is 14.5. The molecule has 1 fully saturated rings. The zero-order valence-corrected chi connectivity index (χ0v) is 17.5. The minimum Gasteiger partial charge on any atom is -0.501 e. The number of rotatable bonds is 6. The molecule has 2 atom stereocenters. The molecule has 0 bridgehead atoms. The summed E-state index contributed by atoms with van der Waals surface area (Å²) in [7, 11) is -2.59. The first kappa shape index (κ1) is 22.7. The van der Waals surface area contributed by atoms with Crippen molar-refractivity contribution in [2.24, 2.45) is 5.92 Å². The number of carboxylic acid groups (broad SMARTS) is 1. The molecule has 0 radical (unpaired) electrons. The molecule has 1 aliphatic heterocycles. The highest BCUT2D eigenvalue weighted by molar-refractivity contribution is 14.1. The molecule has 2 rings (SSSR count). The Balaban J connectivity index is 2.16. The fraction of sp³-hybridized carbons (Fsp3) is 0.438. The third-order valence-electron chi connectivity index (χ3n) is 4.06. The number of aliphatic carboxylic acids is 1. The first-order valence-corrected chi connectivity index (χ1v) is 10.6. The third-order valence-corrected chi connectivity index (χ3v) is 7.54. The van der Waals surface area contributed by atoms with Crippen LogP contribution in [-0.4, -0.2) is 47.9 Å². The number of hydrogen-bond acceptors (Lipinski definition) is 5. The highest BCUT2D eigenvalue weighted by Crippen LogP contribution is 2.36. The lowest BCUT2D eigenvalue weighted by atomic mass is 9.95. The van der Waals surface area contributed by atoms with Crippen LogP contribution in [0.15, 0.2) is 41.0 Å². The van der Waals surface area contributed by atoms with Gasteiger partial charge in [0.1, 0.15) is 11.5 Å². The number of hydrogen-bond donors (Lipinski definition) is 1. The van der Waals surface area contributed by atoms with Crippen molar-refractivity contribution in [3.63, 3.8) is 0 Å². The van der Waals surface area contributed by atoms with E-state index in [-0.39, 0.29) is 23.1 Å². The van der Waals surface area contributed by atoms with Crippen LogP contribution in [0.5, 0.6) is 5.75 Å². The molecule has 1 aromatic rings. The number of sulfonamides is 1. The molecule has 0 spiro atoms. The molecule has 1 aliphatic rings. The monoisotopic (exact) mass is 535 g/mol. The Bertz CT molecular complexity index is 841. The van der Waals surface area contributed by atoms with Crippen LogP contribution in [0.2, 0.25) is 0 Å². The van der Waals surface area contributed by atoms with Gasteiger partial charge in [-0.25, -0.2) is 13.2 Å². The first-order valence-electron chi connectivity index (χ1n) is 7.94. The van der Waals surface area contributed by atoms with Crippen LogP contribution < -0.4 is 4.74 Å². The van der Waals surface area contributed by atoms with E-state index in [1.807, 2.05) is 22.6 Å². The van der Waals surface area contributed by atoms with Gasteiger partial charge in [0, 0.05) is 12.5 Å². The summed E-state index contributed by atoms with van der Waals surface area (Å²) in [5.74, 6) is -1.66. The quantitative estimate of drug-likeness (QED) is 0.198. The molecule has 1 heterocycles. The van der Waals surface area contributed by atoms with Gasteiger partial charge in [0.2, 0.25) is 10.0 Å². The standard InChI is InChI=1S/C16H17F3INO6S/c1-26-13(9-15(22)23)10-6-7-21(14(20)8-10)28(24,25)12-4-2-11(3-5-12)27-16(17,18)19/h2-5,9-10,14H,6-8H2,1H3,(H,22,23). The first-order chi connectivity index (χ1) is 12.9. The van der Waals surface area contributed by atoms with Crippen LogP contribution in [0.3, 0.4) is 0 Å². The largest absolute Gasteiger partial charge is 0.573 e. The van der Waals surface area contributed by atoms with Crippen LogP contribution >= 0.6 is 22.6 Å². The molecule has 1 saturated heterocycles. The van der Waals surface area contributed by atoms with Crippen molar-refractivity contribution in [2.45, 2.75) is 28.1 Å². The SMILES string of the molecule is COC(=CC(=O)O)C1CCN(S(=O)(=O)c2ccc(OC(F)(F)F)cc2)C(I)C1. The van der Waals surface area contributed by atoms with E-state index in [0.29, 0.717) is 12.8 Å². The van der Waals surface area contributed by atoms with Gasteiger partial charge in [-0.3, -0.25) is 0 Å². The molecular weight excluding hydrogens is 518 g/mol. The molecule has 0 saturated carbocycles. The molecule has 7 nitrogen and oxygen atoms in total. The lowest BCUT2D eigenvalue weighted by Crippen LogP contribution is -2.43. The number of alkyl halides is 4. The van der Waals surface area contributed by atoms with Gasteiger partial charge in [0.15, 0.2) is 0 Å². The normalized spacial score (nSPS) is 22.0. The highest BCUT2D eigenvalue weighted by atomic mass is 127. The van der Waals surface area contributed by atoms with E-state index in [2.05, 4.69) is 4.74 Å². The molecule has 0 amide bonds. The van der Waals surface area contributed by atoms with Gasteiger partial charge in [0.25, 0.3) is 0 Å². The summed E-state index contributed by atoms with van der Waals surface area (Å²) in [6.45, 7) is 0.113. The number of carboxylic acids is 1. The summed E-state index contributed by atoms with van der Waals surface area (Å²) >= 11 is 1.94. The van der Waals surface area contributed by atoms with Crippen molar-refractivity contribution in [3.05, 3.63) is 36.1 Å². The second-order valence-corrected chi connectivity index (χ2v) is 9.21. The molecule has 1 N–H and O–H groups in total. The second-order valence-electron chi connectivity index (χ2n) is 5.88. The van der Waals surface area contributed by atoms with Crippen molar-refractivity contribution >= 4 is 38.6 Å². The van der Waals surface area contributed by atoms with Crippen LogP contribution in [0.25, 0.3) is 0 Å². The Morgan fingerprint density at radius 2 is 1.93 bits per heavy atom. The smallest absolute Gasteiger partial charge is 0.501 e. The van der Waals surface area contributed by atoms with Gasteiger partial charge < -0.3 is 14.6 Å². The lowest BCUT2D eigenvalue weighted by Gasteiger charge is -2.36. The average molecular weight is 535 g/mol. The van der Waals surface area contributed by atoms with E-state index in [4.69, 9.17) is 9.84 Å². The summed E-state index contributed by atoms with van der Waals surface area (Å²) in [5, 5.41) is 8.89. The van der Waals surface area contributed by atoms with E-state index >= 15 is 0 Å². The van der Waals surface area contributed by atoms with Crippen molar-refractivity contribution < 1.29 is 41.0 Å². The summed E-state index contributed by atoms with van der Waals surface area (Å²) < 4.78 is 72.0. The van der Waals surface area contributed by atoms with Crippen LogP contribution in [0, 0.1) is 5.92 Å². The Kier molecular flexibility index (Phi) is 7.20. The van der Waals surface area contributed by atoms with Gasteiger partial charge in [-0.2, -0.15) is 4.31 Å². The Morgan fingerprint density at radius 1 is 1.32 bits per heavy atom. The van der Waals surface area contributed by atoms with Gasteiger partial charge in [-0.1, -0.05) is 22.6 Å². The number of methoxy groups -OCH3 is 1. The van der Waals surface area contributed by atoms with E-state index in [1.165, 1.54) is 11.4 Å². The Hall–Kier alpha value is -1.54. The van der Waals surface area contributed by atoms with Crippen molar-refractivity contribution in [3.8, 4) is 5.75 Å². The van der Waals surface area contributed by atoms with Crippen molar-refractivity contribution in [1.82, 2.24) is 4.31 Å². The molecular formula is C16H17F3INO6S. The Morgan fingerprint density at radius 3 is 2.39 bits per heavy atom. The fourth-order valence-corrected chi connectivity index (χ4v) is 6.11. The number of piperidine rings is 1. The number of nitrogens with zero attached hydrogens (tertiary/aromatic N) is 1. The molecule has 156 valence electrons. The number of ether oxygens (including phenoxy) is 2. The molecule has 1 aromatic carbocycles. The summed E-state index contributed by atoms with van der Waals surface area (Å²) in [6, 6.07) is 3.98. The van der Waals surface area contributed by atoms with Gasteiger partial charge >= 0.3 is 12.3 Å². The number of benzene rings is 1. The lowest BCUT2D eigenvalue weighted by molar-refractivity contribution is -0.274. The van der Waals surface area contributed by atoms with Crippen LogP contribution in [0.1, 0.15) is 12.8 Å². The fourth-order valence-electron chi connectivity index (χ4n) is 2.84. The van der Waals surface area contributed by atoms with Crippen molar-refractivity contribution in [1.29, 1.82) is 0 Å². The maximum atomic E-state index is 12.8.